The van der Waals surface area contributed by atoms with E-state index in [9.17, 15) is 13.2 Å². The van der Waals surface area contributed by atoms with Crippen molar-refractivity contribution in [2.45, 2.75) is 45.3 Å². The largest absolute Gasteiger partial charge is 0.416 e. The van der Waals surface area contributed by atoms with Gasteiger partial charge < -0.3 is 5.73 Å². The lowest BCUT2D eigenvalue weighted by Gasteiger charge is -2.14. The molecule has 1 nitrogen and oxygen atoms in total. The molecule has 0 aliphatic heterocycles. The molecule has 0 amide bonds. The molecule has 1 atom stereocenters. The number of benzene rings is 1. The first-order chi connectivity index (χ1) is 8.29. The zero-order valence-electron chi connectivity index (χ0n) is 10.8. The molecule has 1 rings (SSSR count). The zero-order chi connectivity index (χ0) is 13.8. The van der Waals surface area contributed by atoms with Crippen molar-refractivity contribution in [2.24, 2.45) is 11.7 Å². The molecule has 0 bridgehead atoms. The van der Waals surface area contributed by atoms with Crippen LogP contribution in [-0.4, -0.2) is 6.04 Å². The van der Waals surface area contributed by atoms with E-state index in [0.717, 1.165) is 18.9 Å². The molecule has 0 fully saturated rings. The summed E-state index contributed by atoms with van der Waals surface area (Å²) in [7, 11) is 0. The van der Waals surface area contributed by atoms with E-state index in [0.29, 0.717) is 17.9 Å². The van der Waals surface area contributed by atoms with Gasteiger partial charge in [0.15, 0.2) is 0 Å². The van der Waals surface area contributed by atoms with Crippen LogP contribution >= 0.6 is 0 Å². The van der Waals surface area contributed by atoms with Crippen LogP contribution in [0.1, 0.15) is 37.8 Å². The van der Waals surface area contributed by atoms with E-state index in [1.165, 1.54) is 12.1 Å². The number of alkyl halides is 3. The predicted molar refractivity (Wildman–Crippen MR) is 67.2 cm³/mol. The highest BCUT2D eigenvalue weighted by molar-refractivity contribution is 5.25. The monoisotopic (exact) mass is 259 g/mol. The molecule has 1 aromatic rings. The minimum atomic E-state index is -4.27. The smallest absolute Gasteiger partial charge is 0.328 e. The average molecular weight is 259 g/mol. The van der Waals surface area contributed by atoms with Crippen molar-refractivity contribution >= 4 is 0 Å². The lowest BCUT2D eigenvalue weighted by atomic mass is 9.97. The molecule has 2 N–H and O–H groups in total. The summed E-state index contributed by atoms with van der Waals surface area (Å²) in [6.45, 7) is 4.17. The van der Waals surface area contributed by atoms with Crippen LogP contribution in [0.3, 0.4) is 0 Å². The number of hydrogen-bond donors (Lipinski definition) is 1. The van der Waals surface area contributed by atoms with Crippen molar-refractivity contribution in [3.05, 3.63) is 35.4 Å². The molecule has 18 heavy (non-hydrogen) atoms. The Hall–Kier alpha value is -1.03. The Labute approximate surface area is 106 Å². The highest BCUT2D eigenvalue weighted by Crippen LogP contribution is 2.29. The Morgan fingerprint density at radius 2 is 1.89 bits per heavy atom. The van der Waals surface area contributed by atoms with Gasteiger partial charge in [-0.05, 0) is 36.8 Å². The van der Waals surface area contributed by atoms with E-state index in [4.69, 9.17) is 5.73 Å². The van der Waals surface area contributed by atoms with Crippen LogP contribution in [0.4, 0.5) is 13.2 Å². The molecule has 0 saturated carbocycles. The normalized spacial score (nSPS) is 13.9. The second-order valence-electron chi connectivity index (χ2n) is 5.13. The lowest BCUT2D eigenvalue weighted by Crippen LogP contribution is -2.22. The summed E-state index contributed by atoms with van der Waals surface area (Å²) in [6, 6.07) is 5.53. The molecule has 0 heterocycles. The maximum Gasteiger partial charge on any atom is 0.416 e. The van der Waals surface area contributed by atoms with Crippen molar-refractivity contribution in [3.8, 4) is 0 Å². The second kappa shape index (κ2) is 6.23. The quantitative estimate of drug-likeness (QED) is 0.849. The van der Waals surface area contributed by atoms with Gasteiger partial charge in [-0.15, -0.1) is 0 Å². The van der Waals surface area contributed by atoms with Gasteiger partial charge in [-0.2, -0.15) is 13.2 Å². The lowest BCUT2D eigenvalue weighted by molar-refractivity contribution is -0.137. The summed E-state index contributed by atoms with van der Waals surface area (Å²) in [6.07, 6.45) is -2.05. The summed E-state index contributed by atoms with van der Waals surface area (Å²) in [4.78, 5) is 0. The van der Waals surface area contributed by atoms with Gasteiger partial charge in [0.2, 0.25) is 0 Å². The number of nitrogens with two attached hydrogens (primary N) is 1. The summed E-state index contributed by atoms with van der Waals surface area (Å²) in [5.41, 5.74) is 6.04. The van der Waals surface area contributed by atoms with Crippen LogP contribution in [-0.2, 0) is 12.6 Å². The van der Waals surface area contributed by atoms with Crippen molar-refractivity contribution in [2.75, 3.05) is 0 Å². The molecule has 0 aliphatic carbocycles. The minimum absolute atomic E-state index is 0.0551. The van der Waals surface area contributed by atoms with Gasteiger partial charge in [0.25, 0.3) is 0 Å². The van der Waals surface area contributed by atoms with E-state index in [2.05, 4.69) is 13.8 Å². The Bertz CT molecular complexity index is 372. The molecule has 0 radical (unpaired) electrons. The van der Waals surface area contributed by atoms with Gasteiger partial charge in [-0.3, -0.25) is 0 Å². The topological polar surface area (TPSA) is 26.0 Å². The third kappa shape index (κ3) is 5.08. The van der Waals surface area contributed by atoms with Crippen LogP contribution in [0.5, 0.6) is 0 Å². The van der Waals surface area contributed by atoms with E-state index in [1.807, 2.05) is 0 Å². The van der Waals surface area contributed by atoms with Gasteiger partial charge in [0, 0.05) is 6.04 Å². The zero-order valence-corrected chi connectivity index (χ0v) is 10.8. The second-order valence-corrected chi connectivity index (χ2v) is 5.13. The van der Waals surface area contributed by atoms with Crippen LogP contribution in [0.15, 0.2) is 24.3 Å². The number of rotatable bonds is 5. The van der Waals surface area contributed by atoms with E-state index >= 15 is 0 Å². The molecular weight excluding hydrogens is 239 g/mol. The summed E-state index contributed by atoms with van der Waals surface area (Å²) in [5.74, 6) is 0.515. The Morgan fingerprint density at radius 3 is 2.44 bits per heavy atom. The molecule has 0 aliphatic rings. The molecule has 1 aromatic carbocycles. The Morgan fingerprint density at radius 1 is 1.22 bits per heavy atom. The number of hydrogen-bond acceptors (Lipinski definition) is 1. The van der Waals surface area contributed by atoms with Crippen LogP contribution in [0, 0.1) is 5.92 Å². The molecule has 0 aromatic heterocycles. The maximum atomic E-state index is 12.5. The maximum absolute atomic E-state index is 12.5. The first-order valence-corrected chi connectivity index (χ1v) is 6.20. The van der Waals surface area contributed by atoms with Gasteiger partial charge >= 0.3 is 6.18 Å². The van der Waals surface area contributed by atoms with Crippen molar-refractivity contribution in [1.82, 2.24) is 0 Å². The first kappa shape index (κ1) is 15.0. The van der Waals surface area contributed by atoms with Crippen molar-refractivity contribution in [3.63, 3.8) is 0 Å². The third-order valence-corrected chi connectivity index (χ3v) is 2.83. The Balaban J connectivity index is 2.58. The highest BCUT2D eigenvalue weighted by Gasteiger charge is 2.30. The third-order valence-electron chi connectivity index (χ3n) is 2.83. The molecule has 0 spiro atoms. The first-order valence-electron chi connectivity index (χ1n) is 6.20. The Kier molecular flexibility index (Phi) is 5.20. The van der Waals surface area contributed by atoms with E-state index in [-0.39, 0.29) is 6.04 Å². The van der Waals surface area contributed by atoms with Crippen molar-refractivity contribution < 1.29 is 13.2 Å². The van der Waals surface area contributed by atoms with Gasteiger partial charge in [-0.1, -0.05) is 32.0 Å². The molecule has 4 heteroatoms. The van der Waals surface area contributed by atoms with Crippen LogP contribution < -0.4 is 5.73 Å². The van der Waals surface area contributed by atoms with Gasteiger partial charge in [-0.25, -0.2) is 0 Å². The van der Waals surface area contributed by atoms with Gasteiger partial charge in [0.1, 0.15) is 0 Å². The van der Waals surface area contributed by atoms with Crippen molar-refractivity contribution in [1.29, 1.82) is 0 Å². The molecule has 0 saturated heterocycles. The summed E-state index contributed by atoms with van der Waals surface area (Å²) in [5, 5.41) is 0. The average Bonchev–Trinajstić information content (AvgIpc) is 2.25. The predicted octanol–water partition coefficient (Wildman–Crippen LogP) is 4.01. The number of halogens is 3. The standard InChI is InChI=1S/C14H20F3N/c1-10(2)8-13(18)7-6-11-4-3-5-12(9-11)14(15,16)17/h3-5,9-10,13H,6-8,18H2,1-2H3. The fraction of sp³-hybridized carbons (Fsp3) is 0.571. The van der Waals surface area contributed by atoms with E-state index in [1.54, 1.807) is 6.07 Å². The minimum Gasteiger partial charge on any atom is -0.328 e. The molecule has 102 valence electrons. The fourth-order valence-corrected chi connectivity index (χ4v) is 1.98. The highest BCUT2D eigenvalue weighted by atomic mass is 19.4. The summed E-state index contributed by atoms with van der Waals surface area (Å²) < 4.78 is 37.5. The SMILES string of the molecule is CC(C)CC(N)CCc1cccc(C(F)(F)F)c1. The molecular formula is C14H20F3N. The van der Waals surface area contributed by atoms with Crippen LogP contribution in [0.25, 0.3) is 0 Å². The number of aryl methyl sites for hydroxylation is 1. The van der Waals surface area contributed by atoms with Crippen LogP contribution in [0.2, 0.25) is 0 Å². The fourth-order valence-electron chi connectivity index (χ4n) is 1.98. The molecule has 1 unspecified atom stereocenters. The van der Waals surface area contributed by atoms with Gasteiger partial charge in [0.05, 0.1) is 5.56 Å². The summed E-state index contributed by atoms with van der Waals surface area (Å²) >= 11 is 0. The van der Waals surface area contributed by atoms with E-state index < -0.39 is 11.7 Å².